The second-order valence-electron chi connectivity index (χ2n) is 3.64. The van der Waals surface area contributed by atoms with Gasteiger partial charge in [-0.15, -0.1) is 0 Å². The van der Waals surface area contributed by atoms with Crippen molar-refractivity contribution in [3.63, 3.8) is 0 Å². The molecule has 1 aliphatic rings. The highest BCUT2D eigenvalue weighted by Crippen LogP contribution is 2.23. The average molecular weight is 261 g/mol. The van der Waals surface area contributed by atoms with Crippen LogP contribution in [-0.4, -0.2) is 39.9 Å². The van der Waals surface area contributed by atoms with E-state index in [1.54, 1.807) is 6.92 Å². The first kappa shape index (κ1) is 12.0. The largest absolute Gasteiger partial charge is 0.447 e. The molecule has 2 heterocycles. The summed E-state index contributed by atoms with van der Waals surface area (Å²) in [5.41, 5.74) is 0. The molecule has 0 aliphatic carbocycles. The fourth-order valence-corrected chi connectivity index (χ4v) is 1.75. The highest BCUT2D eigenvalue weighted by Gasteiger charge is 2.40. The normalized spacial score (nSPS) is 21.5. The van der Waals surface area contributed by atoms with Gasteiger partial charge in [-0.2, -0.15) is 9.97 Å². The molecule has 1 aromatic rings. The molecule has 1 amide bonds. The summed E-state index contributed by atoms with van der Waals surface area (Å²) >= 11 is 5.67. The first-order valence-electron chi connectivity index (χ1n) is 4.97. The summed E-state index contributed by atoms with van der Waals surface area (Å²) in [4.78, 5) is 24.1. The van der Waals surface area contributed by atoms with Crippen LogP contribution in [0, 0.1) is 6.92 Å². The number of amides is 1. The van der Waals surface area contributed by atoms with Crippen molar-refractivity contribution in [3.05, 3.63) is 11.1 Å². The Morgan fingerprint density at radius 3 is 2.82 bits per heavy atom. The molecule has 1 aliphatic heterocycles. The van der Waals surface area contributed by atoms with Crippen molar-refractivity contribution >= 4 is 23.6 Å². The van der Waals surface area contributed by atoms with Crippen LogP contribution in [0.15, 0.2) is 0 Å². The van der Waals surface area contributed by atoms with Gasteiger partial charge in [0, 0.05) is 0 Å². The highest BCUT2D eigenvalue weighted by molar-refractivity contribution is 6.28. The molecular weight excluding hydrogens is 251 g/mol. The molecule has 8 heteroatoms. The summed E-state index contributed by atoms with van der Waals surface area (Å²) < 4.78 is 18.1. The highest BCUT2D eigenvalue weighted by atomic mass is 35.5. The molecule has 2 rings (SSSR count). The van der Waals surface area contributed by atoms with Gasteiger partial charge in [0.05, 0.1) is 0 Å². The Labute approximate surface area is 102 Å². The van der Waals surface area contributed by atoms with Gasteiger partial charge in [0.15, 0.2) is 0 Å². The summed E-state index contributed by atoms with van der Waals surface area (Å²) in [6.07, 6.45) is -1.93. The van der Waals surface area contributed by atoms with E-state index in [-0.39, 0.29) is 17.8 Å². The molecule has 2 atom stereocenters. The second kappa shape index (κ2) is 4.40. The minimum Gasteiger partial charge on any atom is -0.447 e. The van der Waals surface area contributed by atoms with Gasteiger partial charge in [0.25, 0.3) is 0 Å². The average Bonchev–Trinajstić information content (AvgIpc) is 2.58. The third-order valence-corrected chi connectivity index (χ3v) is 2.53. The van der Waals surface area contributed by atoms with E-state index in [1.807, 2.05) is 0 Å². The zero-order chi connectivity index (χ0) is 12.6. The van der Waals surface area contributed by atoms with Gasteiger partial charge >= 0.3 is 6.09 Å². The van der Waals surface area contributed by atoms with Gasteiger partial charge in [0.1, 0.15) is 24.6 Å². The van der Waals surface area contributed by atoms with Crippen LogP contribution in [0.5, 0.6) is 0 Å². The van der Waals surface area contributed by atoms with Crippen LogP contribution >= 0.6 is 11.6 Å². The monoisotopic (exact) mass is 260 g/mol. The smallest absolute Gasteiger partial charge is 0.417 e. The number of nitrogens with zero attached hydrogens (tertiary/aromatic N) is 4. The van der Waals surface area contributed by atoms with E-state index in [1.165, 1.54) is 6.92 Å². The number of cyclic esters (lactones) is 1. The molecule has 0 N–H and O–H groups in total. The maximum absolute atomic E-state index is 13.3. The number of hydrogen-bond donors (Lipinski definition) is 0. The van der Waals surface area contributed by atoms with Gasteiger partial charge in [-0.3, -0.25) is 0 Å². The lowest BCUT2D eigenvalue weighted by molar-refractivity contribution is 0.174. The van der Waals surface area contributed by atoms with Gasteiger partial charge in [-0.1, -0.05) is 0 Å². The van der Waals surface area contributed by atoms with Crippen molar-refractivity contribution in [1.82, 2.24) is 15.0 Å². The standard InChI is InChI=1S/C9H10ClFN4O2/c1-4(11)6-3-17-9(16)15(6)8-13-5(2)12-7(10)14-8/h4,6H,3H2,1-2H3/t4?,6-/m1/s1. The molecule has 0 bridgehead atoms. The Kier molecular flexibility index (Phi) is 3.10. The Bertz CT molecular complexity index is 436. The Balaban J connectivity index is 2.39. The van der Waals surface area contributed by atoms with Crippen LogP contribution in [0.4, 0.5) is 15.1 Å². The number of aromatic nitrogens is 3. The van der Waals surface area contributed by atoms with Crippen molar-refractivity contribution in [3.8, 4) is 0 Å². The number of rotatable bonds is 2. The predicted octanol–water partition coefficient (Wildman–Crippen LogP) is 1.52. The summed E-state index contributed by atoms with van der Waals surface area (Å²) in [7, 11) is 0. The van der Waals surface area contributed by atoms with E-state index in [2.05, 4.69) is 15.0 Å². The van der Waals surface area contributed by atoms with Crippen molar-refractivity contribution in [1.29, 1.82) is 0 Å². The van der Waals surface area contributed by atoms with Gasteiger partial charge in [-0.25, -0.2) is 19.1 Å². The zero-order valence-corrected chi connectivity index (χ0v) is 9.98. The lowest BCUT2D eigenvalue weighted by Gasteiger charge is -2.20. The molecule has 1 unspecified atom stereocenters. The fraction of sp³-hybridized carbons (Fsp3) is 0.556. The van der Waals surface area contributed by atoms with Crippen molar-refractivity contribution in [2.45, 2.75) is 26.1 Å². The van der Waals surface area contributed by atoms with Crippen LogP contribution in [0.3, 0.4) is 0 Å². The maximum Gasteiger partial charge on any atom is 0.417 e. The van der Waals surface area contributed by atoms with Crippen LogP contribution in [0.25, 0.3) is 0 Å². The molecule has 92 valence electrons. The molecule has 6 nitrogen and oxygen atoms in total. The number of carbonyl (C=O) groups is 1. The van der Waals surface area contributed by atoms with E-state index in [0.717, 1.165) is 4.90 Å². The van der Waals surface area contributed by atoms with Crippen LogP contribution in [0.1, 0.15) is 12.7 Å². The van der Waals surface area contributed by atoms with Crippen LogP contribution in [0.2, 0.25) is 5.28 Å². The third-order valence-electron chi connectivity index (χ3n) is 2.36. The molecule has 1 saturated heterocycles. The number of hydrogen-bond acceptors (Lipinski definition) is 5. The zero-order valence-electron chi connectivity index (χ0n) is 9.22. The van der Waals surface area contributed by atoms with Crippen molar-refractivity contribution < 1.29 is 13.9 Å². The van der Waals surface area contributed by atoms with E-state index in [0.29, 0.717) is 5.82 Å². The SMILES string of the molecule is Cc1nc(Cl)nc(N2C(=O)OC[C@@H]2C(C)F)n1. The lowest BCUT2D eigenvalue weighted by Crippen LogP contribution is -2.40. The lowest BCUT2D eigenvalue weighted by atomic mass is 10.2. The second-order valence-corrected chi connectivity index (χ2v) is 3.98. The molecule has 0 saturated carbocycles. The summed E-state index contributed by atoms with van der Waals surface area (Å²) in [6.45, 7) is 2.92. The number of halogens is 2. The van der Waals surface area contributed by atoms with Crippen molar-refractivity contribution in [2.24, 2.45) is 0 Å². The third kappa shape index (κ3) is 2.28. The van der Waals surface area contributed by atoms with E-state index in [4.69, 9.17) is 16.3 Å². The van der Waals surface area contributed by atoms with E-state index in [9.17, 15) is 9.18 Å². The molecular formula is C9H10ClFN4O2. The summed E-state index contributed by atoms with van der Waals surface area (Å²) in [5, 5.41) is -0.0440. The maximum atomic E-state index is 13.3. The minimum absolute atomic E-state index is 0.0134. The molecule has 17 heavy (non-hydrogen) atoms. The van der Waals surface area contributed by atoms with E-state index >= 15 is 0 Å². The van der Waals surface area contributed by atoms with Crippen molar-refractivity contribution in [2.75, 3.05) is 11.5 Å². The van der Waals surface area contributed by atoms with Gasteiger partial charge < -0.3 is 4.74 Å². The summed E-state index contributed by atoms with van der Waals surface area (Å²) in [5.74, 6) is 0.365. The molecule has 1 aromatic heterocycles. The number of aryl methyl sites for hydroxylation is 1. The Morgan fingerprint density at radius 2 is 2.24 bits per heavy atom. The van der Waals surface area contributed by atoms with E-state index < -0.39 is 18.3 Å². The first-order chi connectivity index (χ1) is 7.99. The van der Waals surface area contributed by atoms with Gasteiger partial charge in [0.2, 0.25) is 11.2 Å². The van der Waals surface area contributed by atoms with Gasteiger partial charge in [-0.05, 0) is 25.4 Å². The van der Waals surface area contributed by atoms with Crippen LogP contribution in [-0.2, 0) is 4.74 Å². The quantitative estimate of drug-likeness (QED) is 0.806. The predicted molar refractivity (Wildman–Crippen MR) is 57.8 cm³/mol. The fourth-order valence-electron chi connectivity index (χ4n) is 1.55. The topological polar surface area (TPSA) is 68.2 Å². The number of carbonyl (C=O) groups excluding carboxylic acids is 1. The number of anilines is 1. The number of alkyl halides is 1. The summed E-state index contributed by atoms with van der Waals surface area (Å²) in [6, 6.07) is -0.736. The molecule has 0 radical (unpaired) electrons. The van der Waals surface area contributed by atoms with Crippen LogP contribution < -0.4 is 4.90 Å². The minimum atomic E-state index is -1.25. The Hall–Kier alpha value is -1.50. The first-order valence-corrected chi connectivity index (χ1v) is 5.35. The molecule has 0 spiro atoms. The Morgan fingerprint density at radius 1 is 1.53 bits per heavy atom. The number of ether oxygens (including phenoxy) is 1. The molecule has 1 fully saturated rings. The molecule has 0 aromatic carbocycles.